The molecule has 2 heterocycles. The van der Waals surface area contributed by atoms with E-state index in [1.165, 1.54) is 6.26 Å². The van der Waals surface area contributed by atoms with Crippen LogP contribution in [-0.2, 0) is 16.4 Å². The normalized spacial score (nSPS) is 17.8. The van der Waals surface area contributed by atoms with Gasteiger partial charge in [0, 0.05) is 36.8 Å². The number of aromatic nitrogens is 2. The molecular weight excluding hydrogens is 398 g/mol. The Bertz CT molecular complexity index is 966. The Labute approximate surface area is 169 Å². The van der Waals surface area contributed by atoms with Crippen LogP contribution in [0.25, 0.3) is 0 Å². The number of nitrogens with zero attached hydrogens (tertiary/aromatic N) is 3. The van der Waals surface area contributed by atoms with Crippen LogP contribution in [-0.4, -0.2) is 56.0 Å². The molecule has 1 aromatic heterocycles. The third-order valence-corrected chi connectivity index (χ3v) is 7.21. The first kappa shape index (κ1) is 20.6. The van der Waals surface area contributed by atoms with E-state index in [0.717, 1.165) is 49.6 Å². The van der Waals surface area contributed by atoms with Gasteiger partial charge in [-0.2, -0.15) is 0 Å². The van der Waals surface area contributed by atoms with Crippen LogP contribution in [0.5, 0.6) is 11.5 Å². The molecular formula is C19H23N3O4S2. The Morgan fingerprint density at radius 1 is 1.39 bits per heavy atom. The van der Waals surface area contributed by atoms with Crippen molar-refractivity contribution in [1.82, 2.24) is 14.5 Å². The molecule has 3 rings (SSSR count). The highest BCUT2D eigenvalue weighted by molar-refractivity contribution is 7.92. The number of sulfone groups is 1. The minimum Gasteiger partial charge on any atom is -0.493 e. The fourth-order valence-electron chi connectivity index (χ4n) is 3.42. The maximum Gasteiger partial charge on any atom is 0.188 e. The van der Waals surface area contributed by atoms with Gasteiger partial charge in [0.05, 0.1) is 12.8 Å². The van der Waals surface area contributed by atoms with E-state index in [4.69, 9.17) is 15.9 Å². The van der Waals surface area contributed by atoms with Crippen LogP contribution in [0.4, 0.5) is 0 Å². The molecule has 0 bridgehead atoms. The van der Waals surface area contributed by atoms with Crippen molar-refractivity contribution in [3.8, 4) is 23.8 Å². The molecule has 0 radical (unpaired) electrons. The number of benzene rings is 1. The zero-order valence-electron chi connectivity index (χ0n) is 15.9. The van der Waals surface area contributed by atoms with Crippen LogP contribution < -0.4 is 9.47 Å². The molecule has 0 amide bonds. The van der Waals surface area contributed by atoms with Crippen LogP contribution in [0.3, 0.4) is 0 Å². The Balaban J connectivity index is 1.72. The molecule has 1 saturated heterocycles. The van der Waals surface area contributed by atoms with E-state index in [2.05, 4.69) is 20.4 Å². The molecule has 1 fully saturated rings. The lowest BCUT2D eigenvalue weighted by Gasteiger charge is -2.32. The Morgan fingerprint density at radius 2 is 2.21 bits per heavy atom. The third kappa shape index (κ3) is 4.82. The van der Waals surface area contributed by atoms with Gasteiger partial charge >= 0.3 is 0 Å². The average molecular weight is 422 g/mol. The van der Waals surface area contributed by atoms with Crippen molar-refractivity contribution in [3.63, 3.8) is 0 Å². The molecule has 150 valence electrons. The van der Waals surface area contributed by atoms with Gasteiger partial charge in [0.25, 0.3) is 0 Å². The number of rotatable bonds is 7. The van der Waals surface area contributed by atoms with Gasteiger partial charge in [-0.15, -0.1) is 11.5 Å². The standard InChI is InChI=1S/C19H23N3O4S2/c1-4-10-26-16-8-7-14(11-17(16)25-2)12-22-9-5-6-15(13-22)18-19(27-21-20-18)28(3,23)24/h1,7-8,11,15H,5-6,9-10,12-13H2,2-3H3. The summed E-state index contributed by atoms with van der Waals surface area (Å²) in [6.07, 6.45) is 8.34. The molecule has 0 N–H and O–H groups in total. The van der Waals surface area contributed by atoms with Gasteiger partial charge in [-0.1, -0.05) is 16.5 Å². The van der Waals surface area contributed by atoms with E-state index in [1.807, 2.05) is 18.2 Å². The summed E-state index contributed by atoms with van der Waals surface area (Å²) >= 11 is 0.956. The van der Waals surface area contributed by atoms with E-state index in [1.54, 1.807) is 7.11 Å². The molecule has 0 spiro atoms. The van der Waals surface area contributed by atoms with Gasteiger partial charge in [0.1, 0.15) is 6.61 Å². The molecule has 1 atom stereocenters. The van der Waals surface area contributed by atoms with Gasteiger partial charge in [0.15, 0.2) is 25.5 Å². The monoisotopic (exact) mass is 421 g/mol. The number of likely N-dealkylation sites (tertiary alicyclic amines) is 1. The van der Waals surface area contributed by atoms with Crippen LogP contribution in [0.1, 0.15) is 30.0 Å². The zero-order valence-corrected chi connectivity index (χ0v) is 17.6. The van der Waals surface area contributed by atoms with E-state index in [9.17, 15) is 8.42 Å². The highest BCUT2D eigenvalue weighted by Gasteiger charge is 2.29. The lowest BCUT2D eigenvalue weighted by molar-refractivity contribution is 0.197. The van der Waals surface area contributed by atoms with Gasteiger partial charge in [-0.3, -0.25) is 4.90 Å². The topological polar surface area (TPSA) is 81.6 Å². The van der Waals surface area contributed by atoms with Gasteiger partial charge in [0.2, 0.25) is 0 Å². The molecule has 1 aromatic carbocycles. The SMILES string of the molecule is C#CCOc1ccc(CN2CCCC(c3nnsc3S(C)(=O)=O)C2)cc1OC. The second kappa shape index (κ2) is 8.90. The lowest BCUT2D eigenvalue weighted by Crippen LogP contribution is -2.34. The van der Waals surface area contributed by atoms with Crippen molar-refractivity contribution in [2.45, 2.75) is 29.5 Å². The molecule has 0 saturated carbocycles. The molecule has 1 aliphatic heterocycles. The van der Waals surface area contributed by atoms with Crippen molar-refractivity contribution in [1.29, 1.82) is 0 Å². The van der Waals surface area contributed by atoms with Crippen LogP contribution in [0.2, 0.25) is 0 Å². The van der Waals surface area contributed by atoms with Crippen molar-refractivity contribution < 1.29 is 17.9 Å². The van der Waals surface area contributed by atoms with Gasteiger partial charge < -0.3 is 9.47 Å². The Morgan fingerprint density at radius 3 is 2.93 bits per heavy atom. The quantitative estimate of drug-likeness (QED) is 0.635. The summed E-state index contributed by atoms with van der Waals surface area (Å²) in [6, 6.07) is 5.80. The zero-order chi connectivity index (χ0) is 20.1. The second-order valence-corrected chi connectivity index (χ2v) is 9.74. The summed E-state index contributed by atoms with van der Waals surface area (Å²) in [7, 11) is -1.71. The number of ether oxygens (including phenoxy) is 2. The van der Waals surface area contributed by atoms with Gasteiger partial charge in [-0.25, -0.2) is 8.42 Å². The summed E-state index contributed by atoms with van der Waals surface area (Å²) in [6.45, 7) is 2.60. The number of hydrogen-bond donors (Lipinski definition) is 0. The summed E-state index contributed by atoms with van der Waals surface area (Å²) in [5.41, 5.74) is 1.69. The van der Waals surface area contributed by atoms with E-state index >= 15 is 0 Å². The number of hydrogen-bond acceptors (Lipinski definition) is 8. The highest BCUT2D eigenvalue weighted by atomic mass is 32.2. The van der Waals surface area contributed by atoms with E-state index < -0.39 is 9.84 Å². The number of piperidine rings is 1. The largest absolute Gasteiger partial charge is 0.493 e. The van der Waals surface area contributed by atoms with Crippen molar-refractivity contribution in [2.24, 2.45) is 0 Å². The predicted molar refractivity (Wildman–Crippen MR) is 108 cm³/mol. The van der Waals surface area contributed by atoms with E-state index in [0.29, 0.717) is 17.2 Å². The van der Waals surface area contributed by atoms with Gasteiger partial charge in [-0.05, 0) is 37.1 Å². The predicted octanol–water partition coefficient (Wildman–Crippen LogP) is 2.34. The first-order valence-electron chi connectivity index (χ1n) is 8.90. The molecule has 1 unspecified atom stereocenters. The minimum absolute atomic E-state index is 0.0670. The summed E-state index contributed by atoms with van der Waals surface area (Å²) in [4.78, 5) is 2.30. The lowest BCUT2D eigenvalue weighted by atomic mass is 9.95. The number of terminal acetylenes is 1. The molecule has 1 aliphatic rings. The maximum atomic E-state index is 12.0. The third-order valence-electron chi connectivity index (χ3n) is 4.66. The maximum absolute atomic E-state index is 12.0. The van der Waals surface area contributed by atoms with Crippen LogP contribution >= 0.6 is 11.5 Å². The van der Waals surface area contributed by atoms with E-state index in [-0.39, 0.29) is 16.7 Å². The van der Waals surface area contributed by atoms with Crippen molar-refractivity contribution >= 4 is 21.4 Å². The molecule has 0 aliphatic carbocycles. The summed E-state index contributed by atoms with van der Waals surface area (Å²) in [5, 5.41) is 4.13. The smallest absolute Gasteiger partial charge is 0.188 e. The fourth-order valence-corrected chi connectivity index (χ4v) is 5.16. The summed E-state index contributed by atoms with van der Waals surface area (Å²) in [5.74, 6) is 3.77. The first-order chi connectivity index (χ1) is 13.4. The number of methoxy groups -OCH3 is 1. The van der Waals surface area contributed by atoms with Crippen LogP contribution in [0.15, 0.2) is 22.4 Å². The average Bonchev–Trinajstić information content (AvgIpc) is 3.17. The highest BCUT2D eigenvalue weighted by Crippen LogP contribution is 2.33. The Kier molecular flexibility index (Phi) is 6.54. The second-order valence-electron chi connectivity index (χ2n) is 6.77. The molecule has 2 aromatic rings. The van der Waals surface area contributed by atoms with Crippen LogP contribution in [0, 0.1) is 12.3 Å². The van der Waals surface area contributed by atoms with Crippen molar-refractivity contribution in [2.75, 3.05) is 33.1 Å². The fraction of sp³-hybridized carbons (Fsp3) is 0.474. The molecule has 9 heteroatoms. The molecule has 28 heavy (non-hydrogen) atoms. The summed E-state index contributed by atoms with van der Waals surface area (Å²) < 4.78 is 39.0. The first-order valence-corrected chi connectivity index (χ1v) is 11.6. The van der Waals surface area contributed by atoms with Crippen molar-refractivity contribution in [3.05, 3.63) is 29.5 Å². The molecule has 7 nitrogen and oxygen atoms in total. The Hall–Kier alpha value is -2.15. The minimum atomic E-state index is -3.31.